The number of carbonyl (C=O) groups excluding carboxylic acids is 1. The van der Waals surface area contributed by atoms with Crippen LogP contribution in [-0.2, 0) is 4.74 Å². The van der Waals surface area contributed by atoms with Crippen LogP contribution in [0.15, 0.2) is 17.2 Å². The summed E-state index contributed by atoms with van der Waals surface area (Å²) in [6, 6.07) is 0.933. The molecule has 0 aromatic carbocycles. The number of hydrogen-bond donors (Lipinski definition) is 5. The second-order valence-electron chi connectivity index (χ2n) is 5.97. The lowest BCUT2D eigenvalue weighted by molar-refractivity contribution is -0.0963. The highest BCUT2D eigenvalue weighted by atomic mass is 16.6. The van der Waals surface area contributed by atoms with E-state index in [-0.39, 0.29) is 22.4 Å². The van der Waals surface area contributed by atoms with Gasteiger partial charge in [-0.1, -0.05) is 0 Å². The first-order chi connectivity index (χ1) is 11.7. The summed E-state index contributed by atoms with van der Waals surface area (Å²) in [5, 5.41) is 30.0. The van der Waals surface area contributed by atoms with Gasteiger partial charge in [0.2, 0.25) is 5.91 Å². The summed E-state index contributed by atoms with van der Waals surface area (Å²) in [4.78, 5) is 31.9. The van der Waals surface area contributed by atoms with E-state index in [0.29, 0.717) is 0 Å². The molecule has 0 radical (unpaired) electrons. The molecule has 11 heteroatoms. The topological polar surface area (TPSA) is 187 Å². The van der Waals surface area contributed by atoms with Crippen LogP contribution in [0.5, 0.6) is 0 Å². The fourth-order valence-electron chi connectivity index (χ4n) is 2.99. The molecule has 3 heterocycles. The van der Waals surface area contributed by atoms with Gasteiger partial charge in [0.15, 0.2) is 11.9 Å². The Labute approximate surface area is 140 Å². The minimum atomic E-state index is -1.92. The van der Waals surface area contributed by atoms with E-state index in [2.05, 4.69) is 9.97 Å². The van der Waals surface area contributed by atoms with E-state index in [9.17, 15) is 24.9 Å². The van der Waals surface area contributed by atoms with E-state index in [0.717, 1.165) is 17.0 Å². The molecule has 2 aromatic rings. The second-order valence-corrected chi connectivity index (χ2v) is 5.97. The Balaban J connectivity index is 2.34. The van der Waals surface area contributed by atoms with Crippen molar-refractivity contribution in [2.24, 2.45) is 5.73 Å². The first kappa shape index (κ1) is 17.2. The number of fused-ring (bicyclic) bond motifs is 1. The van der Waals surface area contributed by atoms with Crippen molar-refractivity contribution >= 4 is 22.8 Å². The number of aliphatic hydroxyl groups is 3. The molecule has 134 valence electrons. The van der Waals surface area contributed by atoms with Crippen molar-refractivity contribution in [2.75, 3.05) is 12.3 Å². The third-order valence-electron chi connectivity index (χ3n) is 4.29. The molecular formula is C14H17N5O6. The van der Waals surface area contributed by atoms with Crippen LogP contribution in [0.25, 0.3) is 11.0 Å². The van der Waals surface area contributed by atoms with Crippen molar-refractivity contribution in [1.82, 2.24) is 14.5 Å². The average molecular weight is 351 g/mol. The zero-order chi connectivity index (χ0) is 18.5. The van der Waals surface area contributed by atoms with Crippen molar-refractivity contribution < 1.29 is 24.9 Å². The Bertz CT molecular complexity index is 910. The minimum Gasteiger partial charge on any atom is -0.394 e. The third kappa shape index (κ3) is 2.44. The number of nitrogens with zero attached hydrogens (tertiary/aromatic N) is 3. The molecule has 2 aromatic heterocycles. The van der Waals surface area contributed by atoms with E-state index in [1.165, 1.54) is 6.92 Å². The zero-order valence-corrected chi connectivity index (χ0v) is 13.2. The molecule has 4 atom stereocenters. The van der Waals surface area contributed by atoms with Gasteiger partial charge in [-0.15, -0.1) is 0 Å². The highest BCUT2D eigenvalue weighted by Gasteiger charge is 2.53. The maximum atomic E-state index is 12.6. The lowest BCUT2D eigenvalue weighted by Gasteiger charge is -2.28. The van der Waals surface area contributed by atoms with E-state index in [4.69, 9.17) is 16.2 Å². The fraction of sp³-hybridized carbons (Fsp3) is 0.429. The van der Waals surface area contributed by atoms with Gasteiger partial charge >= 0.3 is 0 Å². The normalized spacial score (nSPS) is 29.2. The molecule has 1 fully saturated rings. The van der Waals surface area contributed by atoms with Crippen LogP contribution in [0.4, 0.5) is 5.82 Å². The molecule has 11 nitrogen and oxygen atoms in total. The number of nitrogen functional groups attached to an aromatic ring is 1. The van der Waals surface area contributed by atoms with Gasteiger partial charge in [0.1, 0.15) is 30.0 Å². The maximum Gasteiger partial charge on any atom is 0.255 e. The molecule has 3 rings (SSSR count). The lowest BCUT2D eigenvalue weighted by atomic mass is 9.96. The number of primary amides is 1. The molecule has 0 bridgehead atoms. The number of pyridine rings is 1. The van der Waals surface area contributed by atoms with Crippen molar-refractivity contribution in [3.8, 4) is 0 Å². The van der Waals surface area contributed by atoms with Crippen molar-refractivity contribution in [3.05, 3.63) is 28.3 Å². The number of rotatable bonds is 3. The molecule has 0 spiro atoms. The lowest BCUT2D eigenvalue weighted by Crippen LogP contribution is -2.46. The standard InChI is InChI=1S/C14H17N5O6/c1-14(24)9(22)6(3-20)25-13(14)19-7(21)2-5(11(16)23)8-10(15)17-4-18-12(8)19/h2,4,6,9,13,20,22,24H,3H2,1H3,(H2,16,23)(H2,15,17,18)/t6-,9-,13-,14-/m1/s1. The molecule has 0 aliphatic carbocycles. The van der Waals surface area contributed by atoms with Crippen molar-refractivity contribution in [3.63, 3.8) is 0 Å². The summed E-state index contributed by atoms with van der Waals surface area (Å²) in [6.07, 6.45) is -2.88. The van der Waals surface area contributed by atoms with Gasteiger partial charge in [-0.3, -0.25) is 14.2 Å². The highest BCUT2D eigenvalue weighted by Crippen LogP contribution is 2.38. The average Bonchev–Trinajstić information content (AvgIpc) is 2.77. The Morgan fingerprint density at radius 2 is 2.16 bits per heavy atom. The summed E-state index contributed by atoms with van der Waals surface area (Å²) in [7, 11) is 0. The van der Waals surface area contributed by atoms with Crippen LogP contribution in [0, 0.1) is 0 Å². The molecule has 1 aliphatic rings. The Kier molecular flexibility index (Phi) is 3.95. The van der Waals surface area contributed by atoms with Crippen LogP contribution in [-0.4, -0.2) is 60.2 Å². The summed E-state index contributed by atoms with van der Waals surface area (Å²) >= 11 is 0. The number of carbonyl (C=O) groups is 1. The number of amides is 1. The van der Waals surface area contributed by atoms with Crippen LogP contribution < -0.4 is 17.0 Å². The Hall–Kier alpha value is -2.60. The molecule has 1 saturated heterocycles. The van der Waals surface area contributed by atoms with Gasteiger partial charge < -0.3 is 31.5 Å². The molecule has 1 aliphatic heterocycles. The largest absolute Gasteiger partial charge is 0.394 e. The van der Waals surface area contributed by atoms with E-state index in [1.807, 2.05) is 0 Å². The molecule has 0 saturated carbocycles. The minimum absolute atomic E-state index is 0.0240. The van der Waals surface area contributed by atoms with Crippen LogP contribution in [0.1, 0.15) is 23.5 Å². The monoisotopic (exact) mass is 351 g/mol. The van der Waals surface area contributed by atoms with Gasteiger partial charge in [0.05, 0.1) is 17.6 Å². The van der Waals surface area contributed by atoms with E-state index < -0.39 is 42.1 Å². The van der Waals surface area contributed by atoms with Gasteiger partial charge in [-0.25, -0.2) is 9.97 Å². The fourth-order valence-corrected chi connectivity index (χ4v) is 2.99. The quantitative estimate of drug-likeness (QED) is 0.397. The van der Waals surface area contributed by atoms with E-state index in [1.54, 1.807) is 0 Å². The van der Waals surface area contributed by atoms with Gasteiger partial charge in [0, 0.05) is 6.07 Å². The maximum absolute atomic E-state index is 12.6. The summed E-state index contributed by atoms with van der Waals surface area (Å²) < 4.78 is 6.39. The molecule has 25 heavy (non-hydrogen) atoms. The SMILES string of the molecule is C[C@@]1(O)[C@H](O)[C@@H](CO)O[C@H]1n1c(=O)cc(C(N)=O)c2c(N)ncnc21. The molecular weight excluding hydrogens is 334 g/mol. The first-order valence-corrected chi connectivity index (χ1v) is 7.32. The van der Waals surface area contributed by atoms with Crippen LogP contribution >= 0.6 is 0 Å². The predicted molar refractivity (Wildman–Crippen MR) is 84.4 cm³/mol. The van der Waals surface area contributed by atoms with Crippen molar-refractivity contribution in [1.29, 1.82) is 0 Å². The molecule has 0 unspecified atom stereocenters. The molecule has 1 amide bonds. The third-order valence-corrected chi connectivity index (χ3v) is 4.29. The van der Waals surface area contributed by atoms with Gasteiger partial charge in [-0.2, -0.15) is 0 Å². The summed E-state index contributed by atoms with van der Waals surface area (Å²) in [5.41, 5.74) is 8.14. The number of hydrogen-bond acceptors (Lipinski definition) is 9. The van der Waals surface area contributed by atoms with E-state index >= 15 is 0 Å². The van der Waals surface area contributed by atoms with Crippen molar-refractivity contribution in [2.45, 2.75) is 31.0 Å². The number of aliphatic hydroxyl groups excluding tert-OH is 2. The molecule has 7 N–H and O–H groups in total. The zero-order valence-electron chi connectivity index (χ0n) is 13.2. The van der Waals surface area contributed by atoms with Crippen LogP contribution in [0.2, 0.25) is 0 Å². The number of anilines is 1. The predicted octanol–water partition coefficient (Wildman–Crippen LogP) is -2.53. The Morgan fingerprint density at radius 1 is 1.48 bits per heavy atom. The second kappa shape index (κ2) is 5.74. The number of aromatic nitrogens is 3. The highest BCUT2D eigenvalue weighted by molar-refractivity contribution is 6.07. The smallest absolute Gasteiger partial charge is 0.255 e. The van der Waals surface area contributed by atoms with Crippen LogP contribution in [0.3, 0.4) is 0 Å². The van der Waals surface area contributed by atoms with Gasteiger partial charge in [-0.05, 0) is 6.92 Å². The summed E-state index contributed by atoms with van der Waals surface area (Å²) in [6.45, 7) is 0.680. The number of nitrogens with two attached hydrogens (primary N) is 2. The number of ether oxygens (including phenoxy) is 1. The first-order valence-electron chi connectivity index (χ1n) is 7.32. The van der Waals surface area contributed by atoms with Gasteiger partial charge in [0.25, 0.3) is 5.56 Å². The Morgan fingerprint density at radius 3 is 2.72 bits per heavy atom. The summed E-state index contributed by atoms with van der Waals surface area (Å²) in [5.74, 6) is -0.993.